The lowest BCUT2D eigenvalue weighted by Gasteiger charge is -2.29. The number of benzene rings is 1. The first-order valence-corrected chi connectivity index (χ1v) is 7.15. The highest BCUT2D eigenvalue weighted by Gasteiger charge is 2.27. The number of hydrogen-bond donors (Lipinski definition) is 0. The highest BCUT2D eigenvalue weighted by molar-refractivity contribution is 9.10. The molecule has 0 aromatic heterocycles. The summed E-state index contributed by atoms with van der Waals surface area (Å²) in [5, 5.41) is 0. The molecular weight excluding hydrogens is 348 g/mol. The highest BCUT2D eigenvalue weighted by atomic mass is 79.9. The fourth-order valence-corrected chi connectivity index (χ4v) is 2.33. The van der Waals surface area contributed by atoms with Crippen molar-refractivity contribution < 1.29 is 23.0 Å². The third kappa shape index (κ3) is 4.72. The summed E-state index contributed by atoms with van der Waals surface area (Å²) in [6, 6.07) is 1.79. The Bertz CT molecular complexity index is 476. The van der Waals surface area contributed by atoms with Gasteiger partial charge in [-0.2, -0.15) is 0 Å². The first-order chi connectivity index (χ1) is 9.92. The number of rotatable bonds is 7. The van der Waals surface area contributed by atoms with Crippen LogP contribution in [0.2, 0.25) is 0 Å². The molecular formula is C14H18BrF2NO3. The summed E-state index contributed by atoms with van der Waals surface area (Å²) in [4.78, 5) is 13.8. The number of amides is 1. The van der Waals surface area contributed by atoms with Crippen molar-refractivity contribution in [1.82, 2.24) is 4.90 Å². The lowest BCUT2D eigenvalue weighted by molar-refractivity contribution is 0.0471. The van der Waals surface area contributed by atoms with E-state index in [-0.39, 0.29) is 30.3 Å². The lowest BCUT2D eigenvalue weighted by atomic mass is 10.1. The van der Waals surface area contributed by atoms with Crippen molar-refractivity contribution in [2.45, 2.75) is 13.0 Å². The second-order valence-electron chi connectivity index (χ2n) is 4.54. The van der Waals surface area contributed by atoms with Crippen LogP contribution < -0.4 is 0 Å². The summed E-state index contributed by atoms with van der Waals surface area (Å²) in [5.41, 5.74) is -0.572. The van der Waals surface area contributed by atoms with Crippen LogP contribution in [0, 0.1) is 11.6 Å². The molecule has 0 fully saturated rings. The fourth-order valence-electron chi connectivity index (χ4n) is 1.93. The van der Waals surface area contributed by atoms with E-state index in [1.54, 1.807) is 6.92 Å². The molecule has 1 amide bonds. The summed E-state index contributed by atoms with van der Waals surface area (Å²) >= 11 is 2.98. The zero-order valence-electron chi connectivity index (χ0n) is 12.2. The standard InChI is InChI=1S/C14H18BrF2NO3/c1-9(8-21-3)18(4-5-20-2)14(19)13-11(16)6-10(15)7-12(13)17/h6-7,9H,4-5,8H2,1-3H3. The molecule has 1 rings (SSSR count). The second-order valence-corrected chi connectivity index (χ2v) is 5.46. The van der Waals surface area contributed by atoms with E-state index < -0.39 is 23.1 Å². The van der Waals surface area contributed by atoms with Crippen molar-refractivity contribution in [2.75, 3.05) is 34.0 Å². The normalized spacial score (nSPS) is 12.3. The molecule has 0 saturated heterocycles. The van der Waals surface area contributed by atoms with Gasteiger partial charge in [0.15, 0.2) is 0 Å². The van der Waals surface area contributed by atoms with Gasteiger partial charge in [0.1, 0.15) is 17.2 Å². The predicted molar refractivity (Wildman–Crippen MR) is 78.3 cm³/mol. The van der Waals surface area contributed by atoms with Crippen LogP contribution in [0.5, 0.6) is 0 Å². The first-order valence-electron chi connectivity index (χ1n) is 6.35. The topological polar surface area (TPSA) is 38.8 Å². The molecule has 1 aromatic rings. The van der Waals surface area contributed by atoms with Crippen molar-refractivity contribution in [2.24, 2.45) is 0 Å². The number of methoxy groups -OCH3 is 2. The van der Waals surface area contributed by atoms with Gasteiger partial charge < -0.3 is 14.4 Å². The van der Waals surface area contributed by atoms with Gasteiger partial charge in [0.05, 0.1) is 19.3 Å². The molecule has 7 heteroatoms. The van der Waals surface area contributed by atoms with Crippen LogP contribution in [-0.4, -0.2) is 50.8 Å². The van der Waals surface area contributed by atoms with Crippen LogP contribution >= 0.6 is 15.9 Å². The van der Waals surface area contributed by atoms with E-state index in [4.69, 9.17) is 9.47 Å². The van der Waals surface area contributed by atoms with Crippen molar-refractivity contribution in [1.29, 1.82) is 0 Å². The summed E-state index contributed by atoms with van der Waals surface area (Å²) in [6.45, 7) is 2.48. The monoisotopic (exact) mass is 365 g/mol. The Morgan fingerprint density at radius 1 is 1.29 bits per heavy atom. The summed E-state index contributed by atoms with van der Waals surface area (Å²) in [7, 11) is 2.99. The molecule has 0 bridgehead atoms. The fraction of sp³-hybridized carbons (Fsp3) is 0.500. The van der Waals surface area contributed by atoms with E-state index in [2.05, 4.69) is 15.9 Å². The van der Waals surface area contributed by atoms with Crippen LogP contribution in [0.4, 0.5) is 8.78 Å². The minimum atomic E-state index is -0.904. The van der Waals surface area contributed by atoms with Gasteiger partial charge in [-0.15, -0.1) is 0 Å². The van der Waals surface area contributed by atoms with Gasteiger partial charge in [-0.05, 0) is 19.1 Å². The molecule has 0 aliphatic rings. The lowest BCUT2D eigenvalue weighted by Crippen LogP contribution is -2.43. The number of carbonyl (C=O) groups excluding carboxylic acids is 1. The SMILES string of the molecule is COCCN(C(=O)c1c(F)cc(Br)cc1F)C(C)COC. The van der Waals surface area contributed by atoms with Crippen LogP contribution in [0.1, 0.15) is 17.3 Å². The van der Waals surface area contributed by atoms with Crippen molar-refractivity contribution >= 4 is 21.8 Å². The Labute approximate surface area is 131 Å². The Morgan fingerprint density at radius 2 is 1.86 bits per heavy atom. The van der Waals surface area contributed by atoms with Gasteiger partial charge in [-0.25, -0.2) is 8.78 Å². The second kappa shape index (κ2) is 8.41. The first kappa shape index (κ1) is 18.0. The zero-order valence-corrected chi connectivity index (χ0v) is 13.7. The van der Waals surface area contributed by atoms with Crippen LogP contribution in [0.25, 0.3) is 0 Å². The molecule has 1 atom stereocenters. The van der Waals surface area contributed by atoms with Gasteiger partial charge in [-0.1, -0.05) is 15.9 Å². The molecule has 0 N–H and O–H groups in total. The largest absolute Gasteiger partial charge is 0.383 e. The van der Waals surface area contributed by atoms with E-state index in [0.717, 1.165) is 12.1 Å². The van der Waals surface area contributed by atoms with E-state index in [1.165, 1.54) is 19.1 Å². The maximum atomic E-state index is 13.9. The number of nitrogens with zero attached hydrogens (tertiary/aromatic N) is 1. The summed E-state index contributed by atoms with van der Waals surface area (Å²) in [5.74, 6) is -2.53. The smallest absolute Gasteiger partial charge is 0.260 e. The maximum Gasteiger partial charge on any atom is 0.260 e. The third-order valence-electron chi connectivity index (χ3n) is 2.96. The van der Waals surface area contributed by atoms with Crippen LogP contribution in [-0.2, 0) is 9.47 Å². The molecule has 4 nitrogen and oxygen atoms in total. The average Bonchev–Trinajstić information content (AvgIpc) is 2.38. The molecule has 0 heterocycles. The average molecular weight is 366 g/mol. The molecule has 0 saturated carbocycles. The van der Waals surface area contributed by atoms with E-state index >= 15 is 0 Å². The number of ether oxygens (including phenoxy) is 2. The van der Waals surface area contributed by atoms with Crippen LogP contribution in [0.15, 0.2) is 16.6 Å². The molecule has 0 aliphatic carbocycles. The Kier molecular flexibility index (Phi) is 7.21. The highest BCUT2D eigenvalue weighted by Crippen LogP contribution is 2.21. The number of halogens is 3. The van der Waals surface area contributed by atoms with Crippen LogP contribution in [0.3, 0.4) is 0 Å². The Hall–Kier alpha value is -1.05. The minimum Gasteiger partial charge on any atom is -0.383 e. The summed E-state index contributed by atoms with van der Waals surface area (Å²) < 4.78 is 38.0. The van der Waals surface area contributed by atoms with Gasteiger partial charge in [0, 0.05) is 25.2 Å². The number of hydrogen-bond acceptors (Lipinski definition) is 3. The number of carbonyl (C=O) groups is 1. The zero-order chi connectivity index (χ0) is 16.0. The van der Waals surface area contributed by atoms with Crippen molar-refractivity contribution in [3.63, 3.8) is 0 Å². The molecule has 1 aromatic carbocycles. The quantitative estimate of drug-likeness (QED) is 0.745. The van der Waals surface area contributed by atoms with Gasteiger partial charge >= 0.3 is 0 Å². The van der Waals surface area contributed by atoms with E-state index in [9.17, 15) is 13.6 Å². The van der Waals surface area contributed by atoms with Gasteiger partial charge in [0.2, 0.25) is 0 Å². The summed E-state index contributed by atoms with van der Waals surface area (Å²) in [6.07, 6.45) is 0. The Morgan fingerprint density at radius 3 is 2.33 bits per heavy atom. The van der Waals surface area contributed by atoms with Crippen molar-refractivity contribution in [3.05, 3.63) is 33.8 Å². The van der Waals surface area contributed by atoms with Gasteiger partial charge in [-0.3, -0.25) is 4.79 Å². The molecule has 0 spiro atoms. The minimum absolute atomic E-state index is 0.217. The molecule has 118 valence electrons. The molecule has 21 heavy (non-hydrogen) atoms. The maximum absolute atomic E-state index is 13.9. The molecule has 1 unspecified atom stereocenters. The third-order valence-corrected chi connectivity index (χ3v) is 3.42. The van der Waals surface area contributed by atoms with Crippen molar-refractivity contribution in [3.8, 4) is 0 Å². The van der Waals surface area contributed by atoms with E-state index in [0.29, 0.717) is 0 Å². The van der Waals surface area contributed by atoms with E-state index in [1.807, 2.05) is 0 Å². The molecule has 0 aliphatic heterocycles. The Balaban J connectivity index is 3.10. The predicted octanol–water partition coefficient (Wildman–Crippen LogP) is 2.85. The van der Waals surface area contributed by atoms with Gasteiger partial charge in [0.25, 0.3) is 5.91 Å². The molecule has 0 radical (unpaired) electrons.